The predicted molar refractivity (Wildman–Crippen MR) is 67.9 cm³/mol. The Morgan fingerprint density at radius 2 is 1.82 bits per heavy atom. The van der Waals surface area contributed by atoms with Crippen LogP contribution in [0, 0.1) is 6.92 Å². The molecule has 0 radical (unpaired) electrons. The van der Waals surface area contributed by atoms with E-state index in [1.165, 1.54) is 11.1 Å². The van der Waals surface area contributed by atoms with Crippen molar-refractivity contribution in [3.05, 3.63) is 23.3 Å². The molecule has 94 valence electrons. The second-order valence-electron chi connectivity index (χ2n) is 4.27. The van der Waals surface area contributed by atoms with Gasteiger partial charge in [-0.05, 0) is 30.2 Å². The van der Waals surface area contributed by atoms with Gasteiger partial charge < -0.3 is 20.1 Å². The molecule has 0 aliphatic carbocycles. The first-order chi connectivity index (χ1) is 8.26. The lowest BCUT2D eigenvalue weighted by Crippen LogP contribution is -2.42. The third-order valence-corrected chi connectivity index (χ3v) is 3.19. The fourth-order valence-electron chi connectivity index (χ4n) is 2.25. The van der Waals surface area contributed by atoms with Crippen molar-refractivity contribution in [2.45, 2.75) is 13.0 Å². The van der Waals surface area contributed by atoms with Gasteiger partial charge in [0.25, 0.3) is 0 Å². The van der Waals surface area contributed by atoms with Crippen LogP contribution in [0.15, 0.2) is 12.1 Å². The normalized spacial score (nSPS) is 20.1. The number of rotatable bonds is 3. The molecule has 0 amide bonds. The van der Waals surface area contributed by atoms with E-state index in [0.717, 1.165) is 31.1 Å². The van der Waals surface area contributed by atoms with Gasteiger partial charge in [0.05, 0.1) is 14.2 Å². The van der Waals surface area contributed by atoms with Gasteiger partial charge >= 0.3 is 0 Å². The highest BCUT2D eigenvalue weighted by atomic mass is 16.5. The molecule has 17 heavy (non-hydrogen) atoms. The molecule has 4 nitrogen and oxygen atoms in total. The van der Waals surface area contributed by atoms with Crippen LogP contribution in [0.5, 0.6) is 11.5 Å². The molecular formula is C13H20N2O2. The molecule has 1 aliphatic rings. The summed E-state index contributed by atoms with van der Waals surface area (Å²) in [6.07, 6.45) is 0. The first kappa shape index (κ1) is 12.2. The number of methoxy groups -OCH3 is 2. The number of benzene rings is 1. The SMILES string of the molecule is COc1cc(C)c(C2CNCCN2)cc1OC. The minimum Gasteiger partial charge on any atom is -0.493 e. The summed E-state index contributed by atoms with van der Waals surface area (Å²) in [5.41, 5.74) is 2.50. The molecule has 1 unspecified atom stereocenters. The van der Waals surface area contributed by atoms with Crippen LogP contribution in [-0.2, 0) is 0 Å². The van der Waals surface area contributed by atoms with Gasteiger partial charge in [-0.2, -0.15) is 0 Å². The summed E-state index contributed by atoms with van der Waals surface area (Å²) in [5.74, 6) is 1.58. The van der Waals surface area contributed by atoms with Gasteiger partial charge in [-0.3, -0.25) is 0 Å². The highest BCUT2D eigenvalue weighted by Crippen LogP contribution is 2.32. The van der Waals surface area contributed by atoms with Crippen LogP contribution < -0.4 is 20.1 Å². The van der Waals surface area contributed by atoms with Crippen molar-refractivity contribution in [3.8, 4) is 11.5 Å². The van der Waals surface area contributed by atoms with Crippen LogP contribution in [-0.4, -0.2) is 33.9 Å². The summed E-state index contributed by atoms with van der Waals surface area (Å²) in [6.45, 7) is 5.09. The molecule has 1 heterocycles. The monoisotopic (exact) mass is 236 g/mol. The first-order valence-electron chi connectivity index (χ1n) is 5.93. The summed E-state index contributed by atoms with van der Waals surface area (Å²) < 4.78 is 10.6. The van der Waals surface area contributed by atoms with Crippen molar-refractivity contribution >= 4 is 0 Å². The van der Waals surface area contributed by atoms with Gasteiger partial charge in [0.15, 0.2) is 11.5 Å². The zero-order chi connectivity index (χ0) is 12.3. The molecular weight excluding hydrogens is 216 g/mol. The van der Waals surface area contributed by atoms with Crippen molar-refractivity contribution in [1.29, 1.82) is 0 Å². The number of piperazine rings is 1. The maximum Gasteiger partial charge on any atom is 0.161 e. The largest absolute Gasteiger partial charge is 0.493 e. The number of aryl methyl sites for hydroxylation is 1. The second kappa shape index (κ2) is 5.38. The van der Waals surface area contributed by atoms with E-state index in [1.807, 2.05) is 6.07 Å². The van der Waals surface area contributed by atoms with Crippen LogP contribution in [0.3, 0.4) is 0 Å². The third-order valence-electron chi connectivity index (χ3n) is 3.19. The minimum atomic E-state index is 0.351. The second-order valence-corrected chi connectivity index (χ2v) is 4.27. The van der Waals surface area contributed by atoms with Gasteiger partial charge in [-0.15, -0.1) is 0 Å². The van der Waals surface area contributed by atoms with E-state index in [4.69, 9.17) is 9.47 Å². The van der Waals surface area contributed by atoms with E-state index >= 15 is 0 Å². The van der Waals surface area contributed by atoms with Crippen molar-refractivity contribution in [2.75, 3.05) is 33.9 Å². The smallest absolute Gasteiger partial charge is 0.161 e. The Morgan fingerprint density at radius 1 is 1.12 bits per heavy atom. The molecule has 0 spiro atoms. The zero-order valence-corrected chi connectivity index (χ0v) is 10.7. The van der Waals surface area contributed by atoms with Crippen molar-refractivity contribution in [3.63, 3.8) is 0 Å². The fourth-order valence-corrected chi connectivity index (χ4v) is 2.25. The van der Waals surface area contributed by atoms with Crippen molar-refractivity contribution in [2.24, 2.45) is 0 Å². The maximum atomic E-state index is 5.35. The summed E-state index contributed by atoms with van der Waals surface area (Å²) in [4.78, 5) is 0. The quantitative estimate of drug-likeness (QED) is 0.829. The molecule has 1 aromatic carbocycles. The van der Waals surface area contributed by atoms with Gasteiger partial charge in [-0.1, -0.05) is 0 Å². The Labute approximate surface area is 102 Å². The zero-order valence-electron chi connectivity index (χ0n) is 10.7. The van der Waals surface area contributed by atoms with E-state index in [-0.39, 0.29) is 0 Å². The lowest BCUT2D eigenvalue weighted by atomic mass is 9.99. The molecule has 2 N–H and O–H groups in total. The van der Waals surface area contributed by atoms with Crippen molar-refractivity contribution < 1.29 is 9.47 Å². The highest BCUT2D eigenvalue weighted by molar-refractivity contribution is 5.48. The summed E-state index contributed by atoms with van der Waals surface area (Å²) in [7, 11) is 3.33. The van der Waals surface area contributed by atoms with Crippen LogP contribution in [0.4, 0.5) is 0 Å². The van der Waals surface area contributed by atoms with Gasteiger partial charge in [0.2, 0.25) is 0 Å². The van der Waals surface area contributed by atoms with E-state index in [2.05, 4.69) is 23.6 Å². The molecule has 1 saturated heterocycles. The number of nitrogens with one attached hydrogen (secondary N) is 2. The Kier molecular flexibility index (Phi) is 3.86. The Hall–Kier alpha value is -1.26. The van der Waals surface area contributed by atoms with E-state index in [1.54, 1.807) is 14.2 Å². The fraction of sp³-hybridized carbons (Fsp3) is 0.538. The van der Waals surface area contributed by atoms with E-state index in [0.29, 0.717) is 6.04 Å². The summed E-state index contributed by atoms with van der Waals surface area (Å²) >= 11 is 0. The van der Waals surface area contributed by atoms with Crippen LogP contribution >= 0.6 is 0 Å². The average Bonchev–Trinajstić information content (AvgIpc) is 2.39. The van der Waals surface area contributed by atoms with Gasteiger partial charge in [0.1, 0.15) is 0 Å². The van der Waals surface area contributed by atoms with E-state index < -0.39 is 0 Å². The summed E-state index contributed by atoms with van der Waals surface area (Å²) in [6, 6.07) is 4.45. The van der Waals surface area contributed by atoms with Crippen LogP contribution in [0.1, 0.15) is 17.2 Å². The molecule has 1 aromatic rings. The van der Waals surface area contributed by atoms with E-state index in [9.17, 15) is 0 Å². The molecule has 0 bridgehead atoms. The van der Waals surface area contributed by atoms with Crippen molar-refractivity contribution in [1.82, 2.24) is 10.6 Å². The Bertz CT molecular complexity index is 387. The lowest BCUT2D eigenvalue weighted by molar-refractivity contribution is 0.352. The molecule has 1 fully saturated rings. The Morgan fingerprint density at radius 3 is 2.41 bits per heavy atom. The highest BCUT2D eigenvalue weighted by Gasteiger charge is 2.18. The lowest BCUT2D eigenvalue weighted by Gasteiger charge is -2.27. The number of ether oxygens (including phenoxy) is 2. The molecule has 2 rings (SSSR count). The molecule has 1 atom stereocenters. The number of hydrogen-bond acceptors (Lipinski definition) is 4. The van der Waals surface area contributed by atoms with Crippen LogP contribution in [0.2, 0.25) is 0 Å². The van der Waals surface area contributed by atoms with Gasteiger partial charge in [-0.25, -0.2) is 0 Å². The topological polar surface area (TPSA) is 42.5 Å². The number of hydrogen-bond donors (Lipinski definition) is 2. The first-order valence-corrected chi connectivity index (χ1v) is 5.93. The van der Waals surface area contributed by atoms with Gasteiger partial charge in [0, 0.05) is 25.7 Å². The third kappa shape index (κ3) is 2.53. The predicted octanol–water partition coefficient (Wildman–Crippen LogP) is 1.25. The average molecular weight is 236 g/mol. The molecule has 4 heteroatoms. The standard InChI is InChI=1S/C13H20N2O2/c1-9-6-12(16-2)13(17-3)7-10(9)11-8-14-4-5-15-11/h6-7,11,14-15H,4-5,8H2,1-3H3. The van der Waals surface area contributed by atoms with Crippen LogP contribution in [0.25, 0.3) is 0 Å². The molecule has 0 saturated carbocycles. The molecule has 0 aromatic heterocycles. The minimum absolute atomic E-state index is 0.351. The maximum absolute atomic E-state index is 5.35. The Balaban J connectivity index is 2.32. The molecule has 1 aliphatic heterocycles. The summed E-state index contributed by atoms with van der Waals surface area (Å²) in [5, 5.41) is 6.90.